The van der Waals surface area contributed by atoms with Crippen LogP contribution in [0.1, 0.15) is 54.4 Å². The van der Waals surface area contributed by atoms with Crippen molar-refractivity contribution in [2.45, 2.75) is 77.7 Å². The van der Waals surface area contributed by atoms with E-state index in [1.165, 1.54) is 0 Å². The van der Waals surface area contributed by atoms with E-state index in [9.17, 15) is 5.11 Å². The first kappa shape index (κ1) is 14.9. The lowest BCUT2D eigenvalue weighted by Gasteiger charge is -2.41. The van der Waals surface area contributed by atoms with Crippen LogP contribution in [0, 0.1) is 5.92 Å². The van der Waals surface area contributed by atoms with Gasteiger partial charge >= 0.3 is 0 Å². The number of nitrogens with one attached hydrogen (secondary N) is 1. The van der Waals surface area contributed by atoms with Crippen molar-refractivity contribution < 1.29 is 9.84 Å². The van der Waals surface area contributed by atoms with E-state index >= 15 is 0 Å². The molecule has 1 fully saturated rings. The molecular formula is C14H29NO2. The largest absolute Gasteiger partial charge is 0.389 e. The molecule has 1 unspecified atom stereocenters. The van der Waals surface area contributed by atoms with Crippen molar-refractivity contribution in [1.29, 1.82) is 0 Å². The molecule has 0 heterocycles. The molecule has 1 aliphatic rings. The van der Waals surface area contributed by atoms with Crippen molar-refractivity contribution in [2.75, 3.05) is 6.54 Å². The Morgan fingerprint density at radius 1 is 1.24 bits per heavy atom. The van der Waals surface area contributed by atoms with E-state index in [2.05, 4.69) is 26.1 Å². The zero-order valence-electron chi connectivity index (χ0n) is 12.2. The molecule has 0 saturated heterocycles. The van der Waals surface area contributed by atoms with Crippen LogP contribution in [0.3, 0.4) is 0 Å². The van der Waals surface area contributed by atoms with Gasteiger partial charge < -0.3 is 15.2 Å². The molecule has 0 amide bonds. The molecule has 3 heteroatoms. The van der Waals surface area contributed by atoms with Crippen molar-refractivity contribution in [2.24, 2.45) is 5.92 Å². The predicted molar refractivity (Wildman–Crippen MR) is 71.1 cm³/mol. The summed E-state index contributed by atoms with van der Waals surface area (Å²) in [5.41, 5.74) is -0.658. The fraction of sp³-hybridized carbons (Fsp3) is 1.00. The first-order valence-corrected chi connectivity index (χ1v) is 6.74. The quantitative estimate of drug-likeness (QED) is 0.778. The summed E-state index contributed by atoms with van der Waals surface area (Å²) in [5.74, 6) is 0.275. The van der Waals surface area contributed by atoms with Crippen LogP contribution in [0.5, 0.6) is 0 Å². The Kier molecular flexibility index (Phi) is 4.61. The molecule has 0 aromatic carbocycles. The monoisotopic (exact) mass is 243 g/mol. The van der Waals surface area contributed by atoms with E-state index in [1.54, 1.807) is 0 Å². The van der Waals surface area contributed by atoms with Crippen molar-refractivity contribution in [3.8, 4) is 0 Å². The SMILES string of the molecule is CC(C)C(C)(O)CNC1CC(OC(C)(C)C)C1. The maximum Gasteiger partial charge on any atom is 0.0766 e. The third kappa shape index (κ3) is 4.94. The topological polar surface area (TPSA) is 41.5 Å². The van der Waals surface area contributed by atoms with Crippen LogP contribution < -0.4 is 5.32 Å². The summed E-state index contributed by atoms with van der Waals surface area (Å²) in [6, 6.07) is 0.507. The number of ether oxygens (including phenoxy) is 1. The molecule has 0 bridgehead atoms. The molecule has 0 aromatic rings. The predicted octanol–water partition coefficient (Wildman–Crippen LogP) is 2.33. The number of aliphatic hydroxyl groups is 1. The summed E-state index contributed by atoms with van der Waals surface area (Å²) in [7, 11) is 0. The van der Waals surface area contributed by atoms with Gasteiger partial charge in [-0.25, -0.2) is 0 Å². The van der Waals surface area contributed by atoms with Crippen molar-refractivity contribution >= 4 is 0 Å². The third-order valence-electron chi connectivity index (χ3n) is 3.61. The summed E-state index contributed by atoms with van der Waals surface area (Å²) in [6.07, 6.45) is 2.51. The van der Waals surface area contributed by atoms with E-state index < -0.39 is 5.60 Å². The third-order valence-corrected chi connectivity index (χ3v) is 3.61. The lowest BCUT2D eigenvalue weighted by atomic mass is 9.86. The average Bonchev–Trinajstić information content (AvgIpc) is 2.06. The number of hydrogen-bond donors (Lipinski definition) is 2. The summed E-state index contributed by atoms with van der Waals surface area (Å²) in [6.45, 7) is 12.9. The molecule has 1 aliphatic carbocycles. The maximum absolute atomic E-state index is 10.1. The van der Waals surface area contributed by atoms with Crippen molar-refractivity contribution in [1.82, 2.24) is 5.32 Å². The second-order valence-corrected chi connectivity index (χ2v) is 6.91. The molecule has 1 rings (SSSR count). The van der Waals surface area contributed by atoms with Crippen molar-refractivity contribution in [3.63, 3.8) is 0 Å². The maximum atomic E-state index is 10.1. The van der Waals surface area contributed by atoms with Crippen LogP contribution in [0.2, 0.25) is 0 Å². The second kappa shape index (κ2) is 5.25. The van der Waals surface area contributed by atoms with Crippen LogP contribution in [-0.2, 0) is 4.74 Å². The van der Waals surface area contributed by atoms with Gasteiger partial charge in [-0.3, -0.25) is 0 Å². The molecule has 0 aliphatic heterocycles. The van der Waals surface area contributed by atoms with Gasteiger partial charge in [-0.15, -0.1) is 0 Å². The Morgan fingerprint density at radius 2 is 1.76 bits per heavy atom. The molecule has 2 N–H and O–H groups in total. The Balaban J connectivity index is 2.18. The van der Waals surface area contributed by atoms with Crippen LogP contribution in [-0.4, -0.2) is 35.0 Å². The van der Waals surface area contributed by atoms with Gasteiger partial charge in [0.05, 0.1) is 17.3 Å². The molecular weight excluding hydrogens is 214 g/mol. The number of hydrogen-bond acceptors (Lipinski definition) is 3. The Morgan fingerprint density at radius 3 is 2.18 bits per heavy atom. The average molecular weight is 243 g/mol. The first-order chi connectivity index (χ1) is 7.60. The molecule has 0 aromatic heterocycles. The molecule has 0 spiro atoms. The molecule has 0 radical (unpaired) electrons. The van der Waals surface area contributed by atoms with E-state index in [0.717, 1.165) is 12.8 Å². The number of rotatable bonds is 5. The Bertz CT molecular complexity index is 237. The van der Waals surface area contributed by atoms with Gasteiger partial charge in [-0.1, -0.05) is 13.8 Å². The lowest BCUT2D eigenvalue weighted by Crippen LogP contribution is -2.52. The summed E-state index contributed by atoms with van der Waals surface area (Å²) >= 11 is 0. The molecule has 3 nitrogen and oxygen atoms in total. The van der Waals surface area contributed by atoms with Gasteiger partial charge in [0, 0.05) is 12.6 Å². The summed E-state index contributed by atoms with van der Waals surface area (Å²) in [4.78, 5) is 0. The smallest absolute Gasteiger partial charge is 0.0766 e. The zero-order valence-corrected chi connectivity index (χ0v) is 12.2. The van der Waals surface area contributed by atoms with Gasteiger partial charge in [-0.05, 0) is 46.5 Å². The fourth-order valence-corrected chi connectivity index (χ4v) is 1.88. The molecule has 17 heavy (non-hydrogen) atoms. The molecule has 1 saturated carbocycles. The molecule has 1 atom stereocenters. The summed E-state index contributed by atoms with van der Waals surface area (Å²) < 4.78 is 5.88. The second-order valence-electron chi connectivity index (χ2n) is 6.91. The minimum Gasteiger partial charge on any atom is -0.389 e. The summed E-state index contributed by atoms with van der Waals surface area (Å²) in [5, 5.41) is 13.5. The van der Waals surface area contributed by atoms with E-state index in [0.29, 0.717) is 18.7 Å². The first-order valence-electron chi connectivity index (χ1n) is 6.74. The van der Waals surface area contributed by atoms with Gasteiger partial charge in [-0.2, -0.15) is 0 Å². The zero-order chi connectivity index (χ0) is 13.3. The van der Waals surface area contributed by atoms with Crippen LogP contribution in [0.4, 0.5) is 0 Å². The lowest BCUT2D eigenvalue weighted by molar-refractivity contribution is -0.105. The highest BCUT2D eigenvalue weighted by Gasteiger charge is 2.34. The van der Waals surface area contributed by atoms with Crippen LogP contribution in [0.15, 0.2) is 0 Å². The van der Waals surface area contributed by atoms with Gasteiger partial charge in [0.15, 0.2) is 0 Å². The van der Waals surface area contributed by atoms with Crippen molar-refractivity contribution in [3.05, 3.63) is 0 Å². The van der Waals surface area contributed by atoms with Gasteiger partial charge in [0.2, 0.25) is 0 Å². The Hall–Kier alpha value is -0.120. The van der Waals surface area contributed by atoms with E-state index in [1.807, 2.05) is 20.8 Å². The Labute approximate surface area is 106 Å². The highest BCUT2D eigenvalue weighted by Crippen LogP contribution is 2.28. The van der Waals surface area contributed by atoms with Gasteiger partial charge in [0.25, 0.3) is 0 Å². The standard InChI is InChI=1S/C14H29NO2/c1-10(2)14(6,16)9-15-11-7-12(8-11)17-13(3,4)5/h10-12,15-16H,7-9H2,1-6H3. The highest BCUT2D eigenvalue weighted by molar-refractivity contribution is 4.90. The van der Waals surface area contributed by atoms with Crippen LogP contribution in [0.25, 0.3) is 0 Å². The minimum absolute atomic E-state index is 0.0426. The normalized spacial score (nSPS) is 28.9. The van der Waals surface area contributed by atoms with E-state index in [4.69, 9.17) is 4.74 Å². The molecule has 102 valence electrons. The van der Waals surface area contributed by atoms with Crippen LogP contribution >= 0.6 is 0 Å². The minimum atomic E-state index is -0.615. The highest BCUT2D eigenvalue weighted by atomic mass is 16.5. The van der Waals surface area contributed by atoms with Gasteiger partial charge in [0.1, 0.15) is 0 Å². The van der Waals surface area contributed by atoms with E-state index in [-0.39, 0.29) is 11.5 Å². The fourth-order valence-electron chi connectivity index (χ4n) is 1.88.